The zero-order valence-electron chi connectivity index (χ0n) is 12.6. The number of nitrogens with one attached hydrogen (secondary N) is 1. The fraction of sp³-hybridized carbons (Fsp3) is 0.529. The number of hydrogen-bond donors (Lipinski definition) is 1. The largest absolute Gasteiger partial charge is 0.459 e. The van der Waals surface area contributed by atoms with Crippen LogP contribution in [0.2, 0.25) is 0 Å². The second-order valence-corrected chi connectivity index (χ2v) is 5.53. The van der Waals surface area contributed by atoms with E-state index in [0.29, 0.717) is 19.8 Å². The molecule has 0 saturated carbocycles. The van der Waals surface area contributed by atoms with Crippen LogP contribution in [0.3, 0.4) is 0 Å². The highest BCUT2D eigenvalue weighted by molar-refractivity contribution is 5.82. The average molecular weight is 289 g/mol. The highest BCUT2D eigenvalue weighted by atomic mass is 16.5. The molecule has 4 nitrogen and oxygen atoms in total. The third-order valence-corrected chi connectivity index (χ3v) is 3.94. The molecule has 0 aliphatic carbocycles. The van der Waals surface area contributed by atoms with Crippen molar-refractivity contribution in [1.29, 1.82) is 0 Å². The van der Waals surface area contributed by atoms with Crippen LogP contribution in [0.5, 0.6) is 0 Å². The molecule has 1 fully saturated rings. The van der Waals surface area contributed by atoms with Gasteiger partial charge in [0.15, 0.2) is 0 Å². The van der Waals surface area contributed by atoms with Crippen molar-refractivity contribution in [2.24, 2.45) is 0 Å². The van der Waals surface area contributed by atoms with E-state index in [1.807, 2.05) is 25.2 Å². The second-order valence-electron chi connectivity index (χ2n) is 5.53. The molecule has 2 aromatic rings. The lowest BCUT2D eigenvalue weighted by atomic mass is 10.1. The minimum atomic E-state index is 0.254. The summed E-state index contributed by atoms with van der Waals surface area (Å²) in [4.78, 5) is 0. The summed E-state index contributed by atoms with van der Waals surface area (Å²) in [5.74, 6) is 0.961. The van der Waals surface area contributed by atoms with Crippen molar-refractivity contribution in [3.63, 3.8) is 0 Å². The Bertz CT molecular complexity index is 572. The summed E-state index contributed by atoms with van der Waals surface area (Å²) < 4.78 is 17.5. The van der Waals surface area contributed by atoms with Gasteiger partial charge in [-0.05, 0) is 32.4 Å². The van der Waals surface area contributed by atoms with Gasteiger partial charge in [-0.25, -0.2) is 0 Å². The van der Waals surface area contributed by atoms with E-state index >= 15 is 0 Å². The van der Waals surface area contributed by atoms with Gasteiger partial charge in [-0.2, -0.15) is 0 Å². The van der Waals surface area contributed by atoms with Crippen LogP contribution in [0.1, 0.15) is 30.6 Å². The molecule has 1 aromatic heterocycles. The number of hydrogen-bond acceptors (Lipinski definition) is 4. The molecule has 0 amide bonds. The highest BCUT2D eigenvalue weighted by Gasteiger charge is 2.16. The minimum Gasteiger partial charge on any atom is -0.459 e. The van der Waals surface area contributed by atoms with Crippen molar-refractivity contribution in [1.82, 2.24) is 5.32 Å². The monoisotopic (exact) mass is 289 g/mol. The molecule has 0 radical (unpaired) electrons. The molecule has 4 heteroatoms. The van der Waals surface area contributed by atoms with Crippen molar-refractivity contribution in [2.45, 2.75) is 38.5 Å². The molecule has 114 valence electrons. The lowest BCUT2D eigenvalue weighted by Crippen LogP contribution is -2.24. The van der Waals surface area contributed by atoms with Crippen LogP contribution < -0.4 is 5.32 Å². The number of furan rings is 1. The Kier molecular flexibility index (Phi) is 4.91. The Labute approximate surface area is 125 Å². The molecule has 0 bridgehead atoms. The summed E-state index contributed by atoms with van der Waals surface area (Å²) >= 11 is 0. The van der Waals surface area contributed by atoms with Crippen LogP contribution >= 0.6 is 0 Å². The maximum atomic E-state index is 5.91. The Balaban J connectivity index is 1.68. The van der Waals surface area contributed by atoms with Crippen LogP contribution in [-0.4, -0.2) is 26.4 Å². The molecule has 2 heterocycles. The van der Waals surface area contributed by atoms with Crippen LogP contribution in [-0.2, 0) is 22.6 Å². The van der Waals surface area contributed by atoms with Crippen LogP contribution in [0.4, 0.5) is 0 Å². The van der Waals surface area contributed by atoms with Gasteiger partial charge in [0, 0.05) is 17.6 Å². The molecule has 1 atom stereocenters. The van der Waals surface area contributed by atoms with Gasteiger partial charge in [-0.15, -0.1) is 0 Å². The Morgan fingerprint density at radius 2 is 2.19 bits per heavy atom. The molecule has 1 unspecified atom stereocenters. The van der Waals surface area contributed by atoms with Gasteiger partial charge in [0.2, 0.25) is 0 Å². The molecule has 21 heavy (non-hydrogen) atoms. The number of ether oxygens (including phenoxy) is 2. The topological polar surface area (TPSA) is 43.6 Å². The van der Waals surface area contributed by atoms with Gasteiger partial charge < -0.3 is 19.2 Å². The summed E-state index contributed by atoms with van der Waals surface area (Å²) in [6.07, 6.45) is 3.78. The average Bonchev–Trinajstić information content (AvgIpc) is 2.87. The Hall–Kier alpha value is -1.36. The zero-order valence-corrected chi connectivity index (χ0v) is 12.6. The smallest absolute Gasteiger partial charge is 0.134 e. The number of rotatable bonds is 6. The third-order valence-electron chi connectivity index (χ3n) is 3.94. The predicted octanol–water partition coefficient (Wildman–Crippen LogP) is 3.24. The lowest BCUT2D eigenvalue weighted by molar-refractivity contribution is -0.0448. The van der Waals surface area contributed by atoms with Crippen molar-refractivity contribution in [3.05, 3.63) is 35.6 Å². The van der Waals surface area contributed by atoms with Crippen molar-refractivity contribution < 1.29 is 13.9 Å². The van der Waals surface area contributed by atoms with E-state index in [-0.39, 0.29) is 6.10 Å². The van der Waals surface area contributed by atoms with Gasteiger partial charge in [0.1, 0.15) is 11.3 Å². The fourth-order valence-corrected chi connectivity index (χ4v) is 2.84. The zero-order chi connectivity index (χ0) is 14.5. The first-order valence-corrected chi connectivity index (χ1v) is 7.71. The number of fused-ring (bicyclic) bond motifs is 1. The van der Waals surface area contributed by atoms with E-state index in [2.05, 4.69) is 11.4 Å². The van der Waals surface area contributed by atoms with Crippen LogP contribution in [0, 0.1) is 0 Å². The van der Waals surface area contributed by atoms with E-state index in [9.17, 15) is 0 Å². The first kappa shape index (κ1) is 14.6. The first-order valence-electron chi connectivity index (χ1n) is 7.71. The SMILES string of the molecule is CNCc1oc2ccccc2c1COCC1CCCCO1. The Morgan fingerprint density at radius 3 is 3.00 bits per heavy atom. The standard InChI is InChI=1S/C17H23NO3/c1-18-10-17-15(14-7-2-3-8-16(14)21-17)12-19-11-13-6-4-5-9-20-13/h2-3,7-8,13,18H,4-6,9-12H2,1H3. The van der Waals surface area contributed by atoms with Gasteiger partial charge >= 0.3 is 0 Å². The van der Waals surface area contributed by atoms with Gasteiger partial charge in [0.25, 0.3) is 0 Å². The molecule has 0 spiro atoms. The molecule has 1 N–H and O–H groups in total. The third kappa shape index (κ3) is 3.46. The summed E-state index contributed by atoms with van der Waals surface area (Å²) in [7, 11) is 1.92. The molecule has 1 aliphatic heterocycles. The highest BCUT2D eigenvalue weighted by Crippen LogP contribution is 2.26. The van der Waals surface area contributed by atoms with Gasteiger partial charge in [-0.3, -0.25) is 0 Å². The molecule has 3 rings (SSSR count). The van der Waals surface area contributed by atoms with Crippen LogP contribution in [0.25, 0.3) is 11.0 Å². The van der Waals surface area contributed by atoms with E-state index in [1.165, 1.54) is 12.8 Å². The molecule has 1 saturated heterocycles. The van der Waals surface area contributed by atoms with E-state index < -0.39 is 0 Å². The quantitative estimate of drug-likeness (QED) is 0.886. The molecular formula is C17H23NO3. The van der Waals surface area contributed by atoms with E-state index in [0.717, 1.165) is 35.3 Å². The summed E-state index contributed by atoms with van der Waals surface area (Å²) in [5.41, 5.74) is 2.08. The van der Waals surface area contributed by atoms with Gasteiger partial charge in [0.05, 0.1) is 25.9 Å². The summed E-state index contributed by atoms with van der Waals surface area (Å²) in [6, 6.07) is 8.13. The molecule has 1 aromatic carbocycles. The number of para-hydroxylation sites is 1. The van der Waals surface area contributed by atoms with Crippen molar-refractivity contribution in [2.75, 3.05) is 20.3 Å². The maximum Gasteiger partial charge on any atom is 0.134 e. The summed E-state index contributed by atoms with van der Waals surface area (Å²) in [6.45, 7) is 2.83. The molecular weight excluding hydrogens is 266 g/mol. The summed E-state index contributed by atoms with van der Waals surface area (Å²) in [5, 5.41) is 4.30. The minimum absolute atomic E-state index is 0.254. The normalized spacial score (nSPS) is 19.2. The van der Waals surface area contributed by atoms with Gasteiger partial charge in [-0.1, -0.05) is 18.2 Å². The van der Waals surface area contributed by atoms with Crippen molar-refractivity contribution >= 4 is 11.0 Å². The Morgan fingerprint density at radius 1 is 1.29 bits per heavy atom. The second kappa shape index (κ2) is 7.07. The first-order chi connectivity index (χ1) is 10.4. The molecule has 1 aliphatic rings. The van der Waals surface area contributed by atoms with E-state index in [4.69, 9.17) is 13.9 Å². The van der Waals surface area contributed by atoms with Crippen LogP contribution in [0.15, 0.2) is 28.7 Å². The predicted molar refractivity (Wildman–Crippen MR) is 82.2 cm³/mol. The fourth-order valence-electron chi connectivity index (χ4n) is 2.84. The number of benzene rings is 1. The van der Waals surface area contributed by atoms with E-state index in [1.54, 1.807) is 0 Å². The lowest BCUT2D eigenvalue weighted by Gasteiger charge is -2.22. The maximum absolute atomic E-state index is 5.91. The van der Waals surface area contributed by atoms with Crippen molar-refractivity contribution in [3.8, 4) is 0 Å².